The first-order valence-electron chi connectivity index (χ1n) is 4.61. The van der Waals surface area contributed by atoms with Crippen molar-refractivity contribution in [2.24, 2.45) is 0 Å². The molecule has 4 heteroatoms. The molecule has 13 heavy (non-hydrogen) atoms. The molecule has 1 rings (SSSR count). The Kier molecular flexibility index (Phi) is 3.27. The molecule has 0 aromatic rings. The van der Waals surface area contributed by atoms with Gasteiger partial charge in [0.25, 0.3) is 0 Å². The van der Waals surface area contributed by atoms with Gasteiger partial charge >= 0.3 is 0 Å². The lowest BCUT2D eigenvalue weighted by molar-refractivity contribution is -0.132. The highest BCUT2D eigenvalue weighted by Crippen LogP contribution is 2.19. The van der Waals surface area contributed by atoms with E-state index < -0.39 is 6.10 Å². The number of ether oxygens (including phenoxy) is 1. The second-order valence-corrected chi connectivity index (χ2v) is 3.69. The van der Waals surface area contributed by atoms with Gasteiger partial charge in [-0.3, -0.25) is 4.79 Å². The topological polar surface area (TPSA) is 58.6 Å². The number of hydrogen-bond donors (Lipinski definition) is 2. The first kappa shape index (κ1) is 10.5. The molecule has 1 saturated heterocycles. The van der Waals surface area contributed by atoms with Crippen LogP contribution >= 0.6 is 0 Å². The maximum atomic E-state index is 10.8. The average molecular weight is 187 g/mol. The van der Waals surface area contributed by atoms with Crippen LogP contribution in [0.15, 0.2) is 0 Å². The van der Waals surface area contributed by atoms with Gasteiger partial charge < -0.3 is 15.2 Å². The summed E-state index contributed by atoms with van der Waals surface area (Å²) in [6.07, 6.45) is -0.0404. The number of carbonyl (C=O) groups excluding carboxylic acids is 1. The fraction of sp³-hybridized carbons (Fsp3) is 0.889. The molecule has 1 fully saturated rings. The lowest BCUT2D eigenvalue weighted by atomic mass is 9.97. The third-order valence-corrected chi connectivity index (χ3v) is 2.31. The largest absolute Gasteiger partial charge is 0.388 e. The minimum absolute atomic E-state index is 0.0928. The van der Waals surface area contributed by atoms with Crippen LogP contribution in [0.25, 0.3) is 0 Å². The summed E-state index contributed by atoms with van der Waals surface area (Å²) in [4.78, 5) is 10.8. The van der Waals surface area contributed by atoms with E-state index in [0.29, 0.717) is 6.42 Å². The quantitative estimate of drug-likeness (QED) is 0.610. The Morgan fingerprint density at radius 1 is 1.54 bits per heavy atom. The van der Waals surface area contributed by atoms with Gasteiger partial charge in [0.2, 0.25) is 5.91 Å². The summed E-state index contributed by atoms with van der Waals surface area (Å²) in [5.74, 6) is -0.106. The molecule has 0 spiro atoms. The molecule has 0 bridgehead atoms. The van der Waals surface area contributed by atoms with E-state index in [1.54, 1.807) is 0 Å². The Morgan fingerprint density at radius 3 is 2.69 bits per heavy atom. The maximum Gasteiger partial charge on any atom is 0.217 e. The van der Waals surface area contributed by atoms with E-state index in [-0.39, 0.29) is 24.2 Å². The van der Waals surface area contributed by atoms with Crippen molar-refractivity contribution in [3.8, 4) is 0 Å². The van der Waals surface area contributed by atoms with Crippen LogP contribution in [0.4, 0.5) is 0 Å². The molecule has 4 atom stereocenters. The van der Waals surface area contributed by atoms with Crippen LogP contribution in [0.5, 0.6) is 0 Å². The van der Waals surface area contributed by atoms with Gasteiger partial charge in [-0.2, -0.15) is 0 Å². The molecule has 1 heterocycles. The molecule has 4 nitrogen and oxygen atoms in total. The van der Waals surface area contributed by atoms with Crippen molar-refractivity contribution in [2.75, 3.05) is 0 Å². The van der Waals surface area contributed by atoms with Crippen LogP contribution in [0, 0.1) is 0 Å². The third kappa shape index (κ3) is 2.67. The number of nitrogens with one attached hydrogen (secondary N) is 1. The molecule has 0 radical (unpaired) electrons. The molecule has 1 amide bonds. The first-order valence-corrected chi connectivity index (χ1v) is 4.61. The minimum atomic E-state index is -0.597. The highest BCUT2D eigenvalue weighted by Gasteiger charge is 2.33. The fourth-order valence-electron chi connectivity index (χ4n) is 1.73. The van der Waals surface area contributed by atoms with Crippen molar-refractivity contribution in [2.45, 2.75) is 51.5 Å². The first-order chi connectivity index (χ1) is 6.00. The van der Waals surface area contributed by atoms with Gasteiger partial charge in [-0.05, 0) is 20.3 Å². The number of aliphatic hydroxyl groups excluding tert-OH is 1. The number of rotatable bonds is 1. The van der Waals surface area contributed by atoms with E-state index in [1.165, 1.54) is 6.92 Å². The standard InChI is InChI=1S/C9H17NO3/c1-5-4-8(10-7(3)11)9(12)6(2)13-5/h5-6,8-9,12H,4H2,1-3H3,(H,10,11)/t5?,6-,8?,9-/m1/s1. The van der Waals surface area contributed by atoms with Crippen LogP contribution < -0.4 is 5.32 Å². The van der Waals surface area contributed by atoms with Crippen molar-refractivity contribution in [3.05, 3.63) is 0 Å². The van der Waals surface area contributed by atoms with Gasteiger partial charge in [0.05, 0.1) is 18.2 Å². The zero-order chi connectivity index (χ0) is 10.0. The molecular weight excluding hydrogens is 170 g/mol. The minimum Gasteiger partial charge on any atom is -0.388 e. The fourth-order valence-corrected chi connectivity index (χ4v) is 1.73. The summed E-state index contributed by atoms with van der Waals surface area (Å²) in [7, 11) is 0. The van der Waals surface area contributed by atoms with Crippen molar-refractivity contribution in [3.63, 3.8) is 0 Å². The maximum absolute atomic E-state index is 10.8. The molecule has 0 aromatic heterocycles. The van der Waals surface area contributed by atoms with Crippen LogP contribution in [0.2, 0.25) is 0 Å². The number of aliphatic hydroxyl groups is 1. The lowest BCUT2D eigenvalue weighted by Crippen LogP contribution is -2.53. The Hall–Kier alpha value is -0.610. The second-order valence-electron chi connectivity index (χ2n) is 3.69. The lowest BCUT2D eigenvalue weighted by Gasteiger charge is -2.36. The highest BCUT2D eigenvalue weighted by molar-refractivity contribution is 5.73. The third-order valence-electron chi connectivity index (χ3n) is 2.31. The van der Waals surface area contributed by atoms with Gasteiger partial charge in [-0.1, -0.05) is 0 Å². The van der Waals surface area contributed by atoms with E-state index in [2.05, 4.69) is 5.32 Å². The monoisotopic (exact) mass is 187 g/mol. The summed E-state index contributed by atoms with van der Waals surface area (Å²) >= 11 is 0. The van der Waals surface area contributed by atoms with Crippen LogP contribution in [-0.4, -0.2) is 35.4 Å². The van der Waals surface area contributed by atoms with Crippen LogP contribution in [-0.2, 0) is 9.53 Å². The van der Waals surface area contributed by atoms with Gasteiger partial charge in [0, 0.05) is 6.92 Å². The van der Waals surface area contributed by atoms with E-state index in [9.17, 15) is 9.90 Å². The molecule has 1 aliphatic rings. The SMILES string of the molecule is CC(=O)NC1CC(C)O[C@H](C)[C@H]1O. The smallest absolute Gasteiger partial charge is 0.217 e. The van der Waals surface area contributed by atoms with Crippen molar-refractivity contribution in [1.29, 1.82) is 0 Å². The predicted octanol–water partition coefficient (Wildman–Crippen LogP) is 0.0493. The van der Waals surface area contributed by atoms with E-state index in [1.807, 2.05) is 13.8 Å². The zero-order valence-electron chi connectivity index (χ0n) is 8.28. The molecule has 2 unspecified atom stereocenters. The molecule has 0 aromatic carbocycles. The van der Waals surface area contributed by atoms with Gasteiger partial charge in [-0.25, -0.2) is 0 Å². The molecule has 0 aliphatic carbocycles. The van der Waals surface area contributed by atoms with Gasteiger partial charge in [0.1, 0.15) is 6.10 Å². The Balaban J connectivity index is 2.55. The van der Waals surface area contributed by atoms with E-state index in [0.717, 1.165) is 0 Å². The van der Waals surface area contributed by atoms with Crippen LogP contribution in [0.3, 0.4) is 0 Å². The summed E-state index contributed by atoms with van der Waals surface area (Å²) in [6, 6.07) is -0.170. The Labute approximate surface area is 78.3 Å². The van der Waals surface area contributed by atoms with E-state index in [4.69, 9.17) is 4.74 Å². The molecular formula is C9H17NO3. The normalized spacial score (nSPS) is 40.0. The van der Waals surface area contributed by atoms with Crippen molar-refractivity contribution < 1.29 is 14.6 Å². The molecule has 2 N–H and O–H groups in total. The molecule has 76 valence electrons. The van der Waals surface area contributed by atoms with Gasteiger partial charge in [-0.15, -0.1) is 0 Å². The average Bonchev–Trinajstić information content (AvgIpc) is 1.98. The van der Waals surface area contributed by atoms with Crippen molar-refractivity contribution in [1.82, 2.24) is 5.32 Å². The van der Waals surface area contributed by atoms with Crippen molar-refractivity contribution >= 4 is 5.91 Å². The highest BCUT2D eigenvalue weighted by atomic mass is 16.5. The number of amides is 1. The Morgan fingerprint density at radius 2 is 2.15 bits per heavy atom. The number of carbonyl (C=O) groups is 1. The summed E-state index contributed by atoms with van der Waals surface area (Å²) in [5, 5.41) is 12.4. The zero-order valence-corrected chi connectivity index (χ0v) is 8.28. The Bertz CT molecular complexity index is 195. The molecule has 1 aliphatic heterocycles. The van der Waals surface area contributed by atoms with Crippen LogP contribution in [0.1, 0.15) is 27.2 Å². The van der Waals surface area contributed by atoms with Gasteiger partial charge in [0.15, 0.2) is 0 Å². The predicted molar refractivity (Wildman–Crippen MR) is 48.2 cm³/mol. The second kappa shape index (κ2) is 4.07. The van der Waals surface area contributed by atoms with E-state index >= 15 is 0 Å². The summed E-state index contributed by atoms with van der Waals surface area (Å²) in [6.45, 7) is 5.21. The molecule has 0 saturated carbocycles. The summed E-state index contributed by atoms with van der Waals surface area (Å²) < 4.78 is 5.41. The number of hydrogen-bond acceptors (Lipinski definition) is 3. The summed E-state index contributed by atoms with van der Waals surface area (Å²) in [5.41, 5.74) is 0.